The smallest absolute Gasteiger partial charge is 0.200 e. The molecule has 0 unspecified atom stereocenters. The molecule has 0 spiro atoms. The topological polar surface area (TPSA) is 41.9 Å². The van der Waals surface area contributed by atoms with Gasteiger partial charge in [-0.15, -0.1) is 0 Å². The Morgan fingerprint density at radius 3 is 1.79 bits per heavy atom. The number of rotatable bonds is 3. The number of ether oxygens (including phenoxy) is 2. The summed E-state index contributed by atoms with van der Waals surface area (Å²) in [7, 11) is 6.83. The van der Waals surface area contributed by atoms with E-state index in [-0.39, 0.29) is 5.75 Å². The number of nitrogens with zero attached hydrogens (tertiary/aromatic N) is 1. The van der Waals surface area contributed by atoms with Crippen LogP contribution in [0, 0.1) is 0 Å². The van der Waals surface area contributed by atoms with Crippen molar-refractivity contribution in [2.45, 2.75) is 0 Å². The highest BCUT2D eigenvalue weighted by Gasteiger charge is 2.11. The third kappa shape index (κ3) is 1.84. The van der Waals surface area contributed by atoms with Gasteiger partial charge in [0.25, 0.3) is 0 Å². The maximum absolute atomic E-state index is 9.63. The molecule has 0 aliphatic carbocycles. The van der Waals surface area contributed by atoms with Gasteiger partial charge in [0.05, 0.1) is 14.2 Å². The average molecular weight is 197 g/mol. The van der Waals surface area contributed by atoms with Crippen molar-refractivity contribution in [2.75, 3.05) is 33.2 Å². The fourth-order valence-electron chi connectivity index (χ4n) is 1.14. The van der Waals surface area contributed by atoms with Gasteiger partial charge < -0.3 is 19.5 Å². The van der Waals surface area contributed by atoms with Crippen LogP contribution in [0.15, 0.2) is 12.1 Å². The lowest BCUT2D eigenvalue weighted by atomic mass is 10.2. The first kappa shape index (κ1) is 10.5. The average Bonchev–Trinajstić information content (AvgIpc) is 2.17. The fraction of sp³-hybridized carbons (Fsp3) is 0.400. The highest BCUT2D eigenvalue weighted by Crippen LogP contribution is 2.39. The van der Waals surface area contributed by atoms with Crippen molar-refractivity contribution < 1.29 is 14.6 Å². The highest BCUT2D eigenvalue weighted by molar-refractivity contribution is 5.62. The van der Waals surface area contributed by atoms with Gasteiger partial charge >= 0.3 is 0 Å². The van der Waals surface area contributed by atoms with Crippen LogP contribution in [0.5, 0.6) is 17.2 Å². The molecule has 4 nitrogen and oxygen atoms in total. The number of methoxy groups -OCH3 is 2. The van der Waals surface area contributed by atoms with Crippen molar-refractivity contribution in [3.05, 3.63) is 12.1 Å². The lowest BCUT2D eigenvalue weighted by molar-refractivity contribution is 0.340. The second kappa shape index (κ2) is 4.09. The van der Waals surface area contributed by atoms with Crippen LogP contribution >= 0.6 is 0 Å². The summed E-state index contributed by atoms with van der Waals surface area (Å²) in [6, 6.07) is 3.50. The van der Waals surface area contributed by atoms with E-state index in [2.05, 4.69) is 0 Å². The first-order valence-corrected chi connectivity index (χ1v) is 4.22. The summed E-state index contributed by atoms with van der Waals surface area (Å²) >= 11 is 0. The van der Waals surface area contributed by atoms with E-state index in [1.807, 2.05) is 19.0 Å². The van der Waals surface area contributed by atoms with E-state index in [0.717, 1.165) is 5.69 Å². The number of aromatic hydroxyl groups is 1. The minimum atomic E-state index is 0.0283. The van der Waals surface area contributed by atoms with E-state index in [9.17, 15) is 5.11 Å². The van der Waals surface area contributed by atoms with Gasteiger partial charge in [0.1, 0.15) is 0 Å². The van der Waals surface area contributed by atoms with Crippen molar-refractivity contribution in [3.8, 4) is 17.2 Å². The van der Waals surface area contributed by atoms with Crippen LogP contribution in [0.1, 0.15) is 0 Å². The molecule has 0 aromatic heterocycles. The molecule has 0 amide bonds. The fourth-order valence-corrected chi connectivity index (χ4v) is 1.14. The van der Waals surface area contributed by atoms with E-state index < -0.39 is 0 Å². The molecule has 0 bridgehead atoms. The van der Waals surface area contributed by atoms with Crippen molar-refractivity contribution in [2.24, 2.45) is 0 Å². The lowest BCUT2D eigenvalue weighted by Gasteiger charge is -2.16. The Kier molecular flexibility index (Phi) is 3.06. The van der Waals surface area contributed by atoms with E-state index in [1.54, 1.807) is 12.1 Å². The zero-order valence-electron chi connectivity index (χ0n) is 8.87. The summed E-state index contributed by atoms with van der Waals surface area (Å²) in [5, 5.41) is 9.63. The molecule has 0 radical (unpaired) electrons. The Morgan fingerprint density at radius 1 is 1.07 bits per heavy atom. The zero-order chi connectivity index (χ0) is 10.7. The second-order valence-corrected chi connectivity index (χ2v) is 3.09. The summed E-state index contributed by atoms with van der Waals surface area (Å²) in [5.74, 6) is 0.849. The van der Waals surface area contributed by atoms with Gasteiger partial charge in [0.2, 0.25) is 5.75 Å². The van der Waals surface area contributed by atoms with Crippen LogP contribution in [-0.4, -0.2) is 33.4 Å². The first-order chi connectivity index (χ1) is 6.60. The van der Waals surface area contributed by atoms with Crippen LogP contribution in [-0.2, 0) is 0 Å². The van der Waals surface area contributed by atoms with Crippen molar-refractivity contribution in [1.29, 1.82) is 0 Å². The number of phenolic OH excluding ortho intramolecular Hbond substituents is 1. The molecular formula is C10H15NO3. The minimum absolute atomic E-state index is 0.0283. The Morgan fingerprint density at radius 2 is 1.50 bits per heavy atom. The van der Waals surface area contributed by atoms with Crippen LogP contribution < -0.4 is 14.4 Å². The van der Waals surface area contributed by atoms with E-state index in [4.69, 9.17) is 9.47 Å². The number of benzene rings is 1. The van der Waals surface area contributed by atoms with E-state index >= 15 is 0 Å². The maximum Gasteiger partial charge on any atom is 0.200 e. The predicted molar refractivity (Wildman–Crippen MR) is 55.5 cm³/mol. The molecule has 1 aromatic rings. The molecule has 1 N–H and O–H groups in total. The molecule has 0 aliphatic heterocycles. The summed E-state index contributed by atoms with van der Waals surface area (Å²) in [6.07, 6.45) is 0. The maximum atomic E-state index is 9.63. The molecule has 1 rings (SSSR count). The third-order valence-electron chi connectivity index (χ3n) is 1.98. The molecule has 0 heterocycles. The van der Waals surface area contributed by atoms with Crippen LogP contribution in [0.3, 0.4) is 0 Å². The van der Waals surface area contributed by atoms with Crippen LogP contribution in [0.2, 0.25) is 0 Å². The predicted octanol–water partition coefficient (Wildman–Crippen LogP) is 1.48. The summed E-state index contributed by atoms with van der Waals surface area (Å²) in [4.78, 5) is 1.91. The van der Waals surface area contributed by atoms with Crippen molar-refractivity contribution in [1.82, 2.24) is 0 Å². The van der Waals surface area contributed by atoms with Crippen LogP contribution in [0.25, 0.3) is 0 Å². The van der Waals surface area contributed by atoms with Crippen molar-refractivity contribution in [3.63, 3.8) is 0 Å². The second-order valence-electron chi connectivity index (χ2n) is 3.09. The minimum Gasteiger partial charge on any atom is -0.502 e. The Bertz CT molecular complexity index is 298. The Balaban J connectivity index is 3.25. The molecule has 0 saturated heterocycles. The van der Waals surface area contributed by atoms with Crippen molar-refractivity contribution >= 4 is 5.69 Å². The van der Waals surface area contributed by atoms with Gasteiger partial charge in [-0.25, -0.2) is 0 Å². The molecule has 0 fully saturated rings. The SMILES string of the molecule is COc1cc(N(C)C)cc(OC)c1O. The molecule has 0 atom stereocenters. The Labute approximate surface area is 83.7 Å². The largest absolute Gasteiger partial charge is 0.502 e. The Hall–Kier alpha value is -1.58. The molecular weight excluding hydrogens is 182 g/mol. The summed E-state index contributed by atoms with van der Waals surface area (Å²) < 4.78 is 10.0. The zero-order valence-corrected chi connectivity index (χ0v) is 8.87. The van der Waals surface area contributed by atoms with Gasteiger partial charge in [-0.2, -0.15) is 0 Å². The van der Waals surface area contributed by atoms with Gasteiger partial charge in [0.15, 0.2) is 11.5 Å². The number of hydrogen-bond acceptors (Lipinski definition) is 4. The molecule has 4 heteroatoms. The van der Waals surface area contributed by atoms with Gasteiger partial charge in [-0.3, -0.25) is 0 Å². The molecule has 1 aromatic carbocycles. The van der Waals surface area contributed by atoms with Crippen LogP contribution in [0.4, 0.5) is 5.69 Å². The molecule has 14 heavy (non-hydrogen) atoms. The summed E-state index contributed by atoms with van der Waals surface area (Å²) in [5.41, 5.74) is 0.913. The first-order valence-electron chi connectivity index (χ1n) is 4.22. The van der Waals surface area contributed by atoms with E-state index in [1.165, 1.54) is 14.2 Å². The molecule has 0 aliphatic rings. The third-order valence-corrected chi connectivity index (χ3v) is 1.98. The summed E-state index contributed by atoms with van der Waals surface area (Å²) in [6.45, 7) is 0. The van der Waals surface area contributed by atoms with Gasteiger partial charge in [-0.05, 0) is 0 Å². The number of phenols is 1. The highest BCUT2D eigenvalue weighted by atomic mass is 16.5. The quantitative estimate of drug-likeness (QED) is 0.796. The van der Waals surface area contributed by atoms with Gasteiger partial charge in [0, 0.05) is 31.9 Å². The number of anilines is 1. The lowest BCUT2D eigenvalue weighted by Crippen LogP contribution is -2.08. The standard InChI is InChI=1S/C10H15NO3/c1-11(2)7-5-8(13-3)10(12)9(6-7)14-4/h5-6,12H,1-4H3. The van der Waals surface area contributed by atoms with Gasteiger partial charge in [-0.1, -0.05) is 0 Å². The normalized spacial score (nSPS) is 9.71. The molecule has 78 valence electrons. The monoisotopic (exact) mass is 197 g/mol. The molecule has 0 saturated carbocycles. The van der Waals surface area contributed by atoms with E-state index in [0.29, 0.717) is 11.5 Å². The number of hydrogen-bond donors (Lipinski definition) is 1.